The smallest absolute Gasteiger partial charge is 0.222 e. The van der Waals surface area contributed by atoms with E-state index in [1.165, 1.54) is 57.8 Å². The van der Waals surface area contributed by atoms with Gasteiger partial charge in [-0.3, -0.25) is 0 Å². The number of aliphatic imine (C=N–C) groups is 2. The summed E-state index contributed by atoms with van der Waals surface area (Å²) in [6.45, 7) is 1.27. The molecule has 0 spiro atoms. The molecule has 0 aliphatic heterocycles. The van der Waals surface area contributed by atoms with Crippen LogP contribution in [0.5, 0.6) is 0 Å². The van der Waals surface area contributed by atoms with Crippen LogP contribution >= 0.6 is 0 Å². The van der Waals surface area contributed by atoms with Gasteiger partial charge in [0.2, 0.25) is 24.3 Å². The fourth-order valence-corrected chi connectivity index (χ4v) is 2.06. The van der Waals surface area contributed by atoms with Gasteiger partial charge in [0, 0.05) is 0 Å². The number of unbranched alkanes of at least 4 members (excludes halogenated alkanes) is 10. The van der Waals surface area contributed by atoms with Gasteiger partial charge in [0.05, 0.1) is 13.1 Å². The second kappa shape index (κ2) is 33.2. The summed E-state index contributed by atoms with van der Waals surface area (Å²) in [6.07, 6.45) is 18.0. The predicted octanol–water partition coefficient (Wildman–Crippen LogP) is 3.75. The van der Waals surface area contributed by atoms with Crippen molar-refractivity contribution in [3.63, 3.8) is 0 Å². The highest BCUT2D eigenvalue weighted by Gasteiger charge is 1.93. The van der Waals surface area contributed by atoms with Crippen molar-refractivity contribution in [3.8, 4) is 0 Å². The van der Waals surface area contributed by atoms with Crippen LogP contribution in [0.15, 0.2) is 9.98 Å². The molecule has 0 heterocycles. The minimum Gasteiger partial charge on any atom is -0.222 e. The first kappa shape index (κ1) is 27.4. The molecule has 0 bridgehead atoms. The Kier molecular flexibility index (Phi) is 36.4. The molecular formula is C17H28N4O4. The van der Waals surface area contributed by atoms with Gasteiger partial charge in [-0.1, -0.05) is 57.8 Å². The van der Waals surface area contributed by atoms with Gasteiger partial charge in [0.1, 0.15) is 0 Å². The summed E-state index contributed by atoms with van der Waals surface area (Å²) >= 11 is 0. The lowest BCUT2D eigenvalue weighted by molar-refractivity contribution is 0.544. The summed E-state index contributed by atoms with van der Waals surface area (Å²) < 4.78 is 0. The number of hydrogen-bond donors (Lipinski definition) is 2. The molecule has 0 aliphatic rings. The quantitative estimate of drug-likeness (QED) is 0.279. The molecule has 25 heavy (non-hydrogen) atoms. The van der Waals surface area contributed by atoms with Gasteiger partial charge < -0.3 is 0 Å². The van der Waals surface area contributed by atoms with Crippen LogP contribution in [-0.4, -0.2) is 37.4 Å². The molecule has 0 aromatic rings. The van der Waals surface area contributed by atoms with E-state index >= 15 is 0 Å². The number of nitrogens with one attached hydrogen (secondary N) is 2. The Morgan fingerprint density at radius 1 is 0.480 bits per heavy atom. The molecule has 0 aromatic carbocycles. The van der Waals surface area contributed by atoms with E-state index in [9.17, 15) is 9.59 Å². The molecule has 0 radical (unpaired) electrons. The molecule has 0 amide bonds. The first-order valence-corrected chi connectivity index (χ1v) is 8.40. The lowest BCUT2D eigenvalue weighted by Gasteiger charge is -2.01. The third-order valence-electron chi connectivity index (χ3n) is 3.17. The van der Waals surface area contributed by atoms with Crippen LogP contribution in [0.2, 0.25) is 0 Å². The zero-order valence-electron chi connectivity index (χ0n) is 14.7. The van der Waals surface area contributed by atoms with Gasteiger partial charge in [-0.2, -0.15) is 0 Å². The van der Waals surface area contributed by atoms with Gasteiger partial charge in [-0.05, 0) is 12.8 Å². The van der Waals surface area contributed by atoms with Crippen molar-refractivity contribution in [1.29, 1.82) is 10.8 Å². The molecule has 0 unspecified atom stereocenters. The number of rotatable bonds is 14. The Morgan fingerprint density at radius 3 is 0.880 bits per heavy atom. The molecule has 0 aliphatic carbocycles. The van der Waals surface area contributed by atoms with E-state index in [0.29, 0.717) is 13.1 Å². The summed E-state index contributed by atoms with van der Waals surface area (Å²) in [5.41, 5.74) is 0. The van der Waals surface area contributed by atoms with Crippen LogP contribution in [0.1, 0.15) is 70.6 Å². The summed E-state index contributed by atoms with van der Waals surface area (Å²) in [6, 6.07) is 0. The average Bonchev–Trinajstić information content (AvgIpc) is 2.60. The Bertz CT molecular complexity index is 390. The third kappa shape index (κ3) is 44.9. The minimum atomic E-state index is 0.637. The van der Waals surface area contributed by atoms with Crippen molar-refractivity contribution in [2.45, 2.75) is 70.6 Å². The number of carbonyl (C=O) groups excluding carboxylic acids is 4. The minimum absolute atomic E-state index is 0.637. The number of hydrogen-bond acceptors (Lipinski definition) is 8. The second-order valence-corrected chi connectivity index (χ2v) is 5.04. The summed E-state index contributed by atoms with van der Waals surface area (Å²) in [4.78, 5) is 43.4. The van der Waals surface area contributed by atoms with Crippen molar-refractivity contribution >= 4 is 24.3 Å². The maximum Gasteiger partial charge on any atom is 0.234 e. The molecule has 0 saturated carbocycles. The Morgan fingerprint density at radius 2 is 0.680 bits per heavy atom. The van der Waals surface area contributed by atoms with E-state index in [4.69, 9.17) is 20.4 Å². The largest absolute Gasteiger partial charge is 0.234 e. The van der Waals surface area contributed by atoms with Crippen molar-refractivity contribution in [3.05, 3.63) is 0 Å². The number of nitrogens with zero attached hydrogens (tertiary/aromatic N) is 2. The predicted molar refractivity (Wildman–Crippen MR) is 93.6 cm³/mol. The second-order valence-electron chi connectivity index (χ2n) is 5.04. The van der Waals surface area contributed by atoms with Crippen molar-refractivity contribution in [2.75, 3.05) is 13.1 Å². The van der Waals surface area contributed by atoms with E-state index in [2.05, 4.69) is 9.98 Å². The van der Waals surface area contributed by atoms with Gasteiger partial charge in [-0.15, -0.1) is 0 Å². The third-order valence-corrected chi connectivity index (χ3v) is 3.17. The maximum atomic E-state index is 9.82. The standard InChI is InChI=1S/C15H26N2O2.2CHNO/c18-14-16-12-10-8-6-4-2-1-3-5-7-9-11-13-17-15-19;2*2-1-3/h1-13H2;2*2H. The fraction of sp³-hybridized carbons (Fsp3) is 0.765. The van der Waals surface area contributed by atoms with Gasteiger partial charge in [0.15, 0.2) is 0 Å². The highest BCUT2D eigenvalue weighted by Crippen LogP contribution is 2.11. The fourth-order valence-electron chi connectivity index (χ4n) is 2.06. The molecule has 0 atom stereocenters. The topological polar surface area (TPSA) is 141 Å². The number of isocyanates is 4. The Labute approximate surface area is 148 Å². The average molecular weight is 352 g/mol. The van der Waals surface area contributed by atoms with Crippen molar-refractivity contribution < 1.29 is 19.2 Å². The first-order chi connectivity index (χ1) is 12.2. The molecule has 8 heteroatoms. The van der Waals surface area contributed by atoms with Crippen LogP contribution in [0.4, 0.5) is 0 Å². The van der Waals surface area contributed by atoms with E-state index in [0.717, 1.165) is 25.0 Å². The van der Waals surface area contributed by atoms with Crippen LogP contribution in [-0.2, 0) is 19.2 Å². The van der Waals surface area contributed by atoms with E-state index in [1.807, 2.05) is 0 Å². The summed E-state index contributed by atoms with van der Waals surface area (Å²) in [5.74, 6) is 0. The first-order valence-electron chi connectivity index (χ1n) is 8.40. The zero-order chi connectivity index (χ0) is 19.4. The molecule has 8 nitrogen and oxygen atoms in total. The highest BCUT2D eigenvalue weighted by atomic mass is 16.1. The molecule has 0 rings (SSSR count). The zero-order valence-corrected chi connectivity index (χ0v) is 14.7. The molecular weight excluding hydrogens is 324 g/mol. The Hall–Kier alpha value is -2.48. The molecule has 0 fully saturated rings. The van der Waals surface area contributed by atoms with Crippen LogP contribution in [0.25, 0.3) is 0 Å². The van der Waals surface area contributed by atoms with Crippen molar-refractivity contribution in [1.82, 2.24) is 0 Å². The molecule has 2 N–H and O–H groups in total. The van der Waals surface area contributed by atoms with Gasteiger partial charge in [-0.25, -0.2) is 40.0 Å². The van der Waals surface area contributed by atoms with Crippen LogP contribution < -0.4 is 0 Å². The van der Waals surface area contributed by atoms with Gasteiger partial charge in [0.25, 0.3) is 0 Å². The molecule has 0 aromatic heterocycles. The van der Waals surface area contributed by atoms with Gasteiger partial charge >= 0.3 is 0 Å². The molecule has 0 saturated heterocycles. The van der Waals surface area contributed by atoms with E-state index in [1.54, 1.807) is 12.2 Å². The van der Waals surface area contributed by atoms with Crippen LogP contribution in [0.3, 0.4) is 0 Å². The lowest BCUT2D eigenvalue weighted by Crippen LogP contribution is -1.85. The molecule has 140 valence electrons. The lowest BCUT2D eigenvalue weighted by atomic mass is 10.1. The highest BCUT2D eigenvalue weighted by molar-refractivity contribution is 5.32. The van der Waals surface area contributed by atoms with E-state index < -0.39 is 0 Å². The van der Waals surface area contributed by atoms with Crippen molar-refractivity contribution in [2.24, 2.45) is 9.98 Å². The SMILES string of the molecule is N=C=O.N=C=O.O=C=NCCCCCCCCCCCCCN=C=O. The van der Waals surface area contributed by atoms with Crippen LogP contribution in [0, 0.1) is 10.8 Å². The summed E-state index contributed by atoms with van der Waals surface area (Å²) in [7, 11) is 0. The summed E-state index contributed by atoms with van der Waals surface area (Å²) in [5, 5.41) is 10.8. The maximum absolute atomic E-state index is 9.82. The van der Waals surface area contributed by atoms with E-state index in [-0.39, 0.29) is 0 Å². The Balaban J connectivity index is -0.000000700. The normalized spacial score (nSPS) is 8.00. The monoisotopic (exact) mass is 352 g/mol.